The van der Waals surface area contributed by atoms with Crippen molar-refractivity contribution in [2.45, 2.75) is 40.0 Å². The molecule has 0 unspecified atom stereocenters. The van der Waals surface area contributed by atoms with Crippen molar-refractivity contribution >= 4 is 11.6 Å². The van der Waals surface area contributed by atoms with Gasteiger partial charge in [0, 0.05) is 12.4 Å². The number of rotatable bonds is 8. The van der Waals surface area contributed by atoms with Crippen LogP contribution in [-0.4, -0.2) is 31.1 Å². The molecule has 0 saturated carbocycles. The summed E-state index contributed by atoms with van der Waals surface area (Å²) in [6, 6.07) is 4.23. The van der Waals surface area contributed by atoms with Gasteiger partial charge >= 0.3 is 0 Å². The second-order valence-electron chi connectivity index (χ2n) is 4.96. The largest absolute Gasteiger partial charge is 0.492 e. The average molecular weight is 284 g/mol. The van der Waals surface area contributed by atoms with E-state index >= 15 is 0 Å². The third-order valence-electron chi connectivity index (χ3n) is 3.43. The number of halogens is 1. The number of nitrogens with zero attached hydrogens (tertiary/aromatic N) is 1. The highest BCUT2D eigenvalue weighted by atomic mass is 35.5. The van der Waals surface area contributed by atoms with E-state index in [4.69, 9.17) is 16.3 Å². The first-order valence-electron chi connectivity index (χ1n) is 7.13. The van der Waals surface area contributed by atoms with Gasteiger partial charge in [-0.1, -0.05) is 19.9 Å². The molecule has 0 saturated heterocycles. The molecule has 1 rings (SSSR count). The van der Waals surface area contributed by atoms with Crippen LogP contribution in [0.1, 0.15) is 37.0 Å². The van der Waals surface area contributed by atoms with Crippen LogP contribution in [0.15, 0.2) is 12.1 Å². The summed E-state index contributed by atoms with van der Waals surface area (Å²) in [6.45, 7) is 12.5. The van der Waals surface area contributed by atoms with Gasteiger partial charge in [0.2, 0.25) is 0 Å². The van der Waals surface area contributed by atoms with Gasteiger partial charge in [-0.3, -0.25) is 0 Å². The van der Waals surface area contributed by atoms with Crippen LogP contribution in [0.2, 0.25) is 0 Å². The Labute approximate surface area is 122 Å². The lowest BCUT2D eigenvalue weighted by Crippen LogP contribution is -2.29. The van der Waals surface area contributed by atoms with Gasteiger partial charge in [0.05, 0.1) is 0 Å². The Kier molecular flexibility index (Phi) is 7.25. The van der Waals surface area contributed by atoms with E-state index in [1.807, 2.05) is 0 Å². The van der Waals surface area contributed by atoms with Gasteiger partial charge < -0.3 is 9.64 Å². The molecule has 0 fully saturated rings. The van der Waals surface area contributed by atoms with Crippen molar-refractivity contribution in [2.75, 3.05) is 26.2 Å². The molecule has 0 N–H and O–H groups in total. The van der Waals surface area contributed by atoms with E-state index in [2.05, 4.69) is 44.7 Å². The fourth-order valence-electron chi connectivity index (χ4n) is 2.20. The monoisotopic (exact) mass is 283 g/mol. The van der Waals surface area contributed by atoms with Crippen LogP contribution in [-0.2, 0) is 5.88 Å². The summed E-state index contributed by atoms with van der Waals surface area (Å²) < 4.78 is 5.91. The summed E-state index contributed by atoms with van der Waals surface area (Å²) in [5, 5.41) is 0. The fourth-order valence-corrected chi connectivity index (χ4v) is 2.49. The number of likely N-dealkylation sites (N-methyl/N-ethyl adjacent to an activating group) is 1. The molecule has 0 aliphatic rings. The number of hydrogen-bond acceptors (Lipinski definition) is 2. The smallest absolute Gasteiger partial charge is 0.122 e. The Morgan fingerprint density at radius 2 is 1.84 bits per heavy atom. The average Bonchev–Trinajstić information content (AvgIpc) is 2.40. The summed E-state index contributed by atoms with van der Waals surface area (Å²) >= 11 is 5.94. The van der Waals surface area contributed by atoms with Crippen molar-refractivity contribution in [2.24, 2.45) is 0 Å². The van der Waals surface area contributed by atoms with Crippen molar-refractivity contribution in [1.82, 2.24) is 4.90 Å². The lowest BCUT2D eigenvalue weighted by molar-refractivity contribution is 0.215. The third-order valence-corrected chi connectivity index (χ3v) is 3.72. The van der Waals surface area contributed by atoms with Gasteiger partial charge in [-0.15, -0.1) is 11.6 Å². The highest BCUT2D eigenvalue weighted by Gasteiger charge is 2.06. The molecule has 0 heterocycles. The van der Waals surface area contributed by atoms with Gasteiger partial charge in [-0.25, -0.2) is 0 Å². The van der Waals surface area contributed by atoms with Crippen molar-refractivity contribution in [3.05, 3.63) is 28.8 Å². The molecule has 0 spiro atoms. The van der Waals surface area contributed by atoms with Crippen LogP contribution in [0.3, 0.4) is 0 Å². The summed E-state index contributed by atoms with van der Waals surface area (Å²) in [7, 11) is 0. The Balaban J connectivity index is 2.57. The molecule has 0 aliphatic heterocycles. The summed E-state index contributed by atoms with van der Waals surface area (Å²) in [4.78, 5) is 2.41. The third kappa shape index (κ3) is 5.04. The Morgan fingerprint density at radius 3 is 2.42 bits per heavy atom. The second kappa shape index (κ2) is 8.44. The molecule has 0 radical (unpaired) electrons. The predicted octanol–water partition coefficient (Wildman–Crippen LogP) is 4.15. The minimum absolute atomic E-state index is 0.541. The zero-order valence-electron chi connectivity index (χ0n) is 12.6. The topological polar surface area (TPSA) is 12.5 Å². The molecule has 0 atom stereocenters. The van der Waals surface area contributed by atoms with Gasteiger partial charge in [0.15, 0.2) is 0 Å². The first kappa shape index (κ1) is 16.3. The Hall–Kier alpha value is -0.730. The van der Waals surface area contributed by atoms with E-state index in [1.165, 1.54) is 17.5 Å². The molecule has 0 amide bonds. The molecule has 1 aromatic carbocycles. The van der Waals surface area contributed by atoms with Gasteiger partial charge in [0.1, 0.15) is 12.4 Å². The first-order chi connectivity index (χ1) is 9.12. The maximum absolute atomic E-state index is 5.94. The summed E-state index contributed by atoms with van der Waals surface area (Å²) in [6.07, 6.45) is 1.19. The molecular weight excluding hydrogens is 258 g/mol. The summed E-state index contributed by atoms with van der Waals surface area (Å²) in [5.74, 6) is 1.51. The Bertz CT molecular complexity index is 393. The normalized spacial score (nSPS) is 11.1. The summed E-state index contributed by atoms with van der Waals surface area (Å²) in [5.41, 5.74) is 3.58. The molecule has 0 bridgehead atoms. The van der Waals surface area contributed by atoms with E-state index in [0.717, 1.165) is 37.6 Å². The number of hydrogen-bond donors (Lipinski definition) is 0. The van der Waals surface area contributed by atoms with Crippen LogP contribution in [0, 0.1) is 13.8 Å². The molecular formula is C16H26ClNO. The predicted molar refractivity (Wildman–Crippen MR) is 83.4 cm³/mol. The van der Waals surface area contributed by atoms with E-state index in [9.17, 15) is 0 Å². The quantitative estimate of drug-likeness (QED) is 0.665. The minimum atomic E-state index is 0.541. The maximum Gasteiger partial charge on any atom is 0.122 e. The first-order valence-corrected chi connectivity index (χ1v) is 7.67. The molecule has 3 heteroatoms. The highest BCUT2D eigenvalue weighted by molar-refractivity contribution is 6.17. The van der Waals surface area contributed by atoms with E-state index in [0.29, 0.717) is 5.88 Å². The van der Waals surface area contributed by atoms with Crippen LogP contribution in [0.5, 0.6) is 5.75 Å². The number of alkyl halides is 1. The molecule has 108 valence electrons. The van der Waals surface area contributed by atoms with Crippen molar-refractivity contribution in [3.63, 3.8) is 0 Å². The number of benzene rings is 1. The van der Waals surface area contributed by atoms with Crippen molar-refractivity contribution < 1.29 is 4.74 Å². The van der Waals surface area contributed by atoms with Gasteiger partial charge in [-0.2, -0.15) is 0 Å². The van der Waals surface area contributed by atoms with Crippen molar-refractivity contribution in [1.29, 1.82) is 0 Å². The van der Waals surface area contributed by atoms with Gasteiger partial charge in [-0.05, 0) is 56.1 Å². The molecule has 0 aromatic heterocycles. The van der Waals surface area contributed by atoms with Crippen LogP contribution >= 0.6 is 11.6 Å². The Morgan fingerprint density at radius 1 is 1.11 bits per heavy atom. The van der Waals surface area contributed by atoms with Crippen molar-refractivity contribution in [3.8, 4) is 5.75 Å². The van der Waals surface area contributed by atoms with Crippen LogP contribution in [0.25, 0.3) is 0 Å². The standard InChI is InChI=1S/C16H26ClNO/c1-5-7-18(6-2)8-9-19-16-11-15(12-17)13(3)10-14(16)4/h10-11H,5-9,12H2,1-4H3. The van der Waals surface area contributed by atoms with Crippen LogP contribution in [0.4, 0.5) is 0 Å². The SMILES string of the molecule is CCCN(CC)CCOc1cc(CCl)c(C)cc1C. The second-order valence-corrected chi connectivity index (χ2v) is 5.23. The van der Waals surface area contributed by atoms with E-state index in [-0.39, 0.29) is 0 Å². The maximum atomic E-state index is 5.94. The lowest BCUT2D eigenvalue weighted by Gasteiger charge is -2.20. The number of ether oxygens (including phenoxy) is 1. The molecule has 1 aromatic rings. The molecule has 0 aliphatic carbocycles. The number of aryl methyl sites for hydroxylation is 2. The highest BCUT2D eigenvalue weighted by Crippen LogP contribution is 2.24. The fraction of sp³-hybridized carbons (Fsp3) is 0.625. The van der Waals surface area contributed by atoms with E-state index in [1.54, 1.807) is 0 Å². The van der Waals surface area contributed by atoms with E-state index < -0.39 is 0 Å². The van der Waals surface area contributed by atoms with Crippen LogP contribution < -0.4 is 4.74 Å². The molecule has 19 heavy (non-hydrogen) atoms. The zero-order chi connectivity index (χ0) is 14.3. The van der Waals surface area contributed by atoms with Gasteiger partial charge in [0.25, 0.3) is 0 Å². The lowest BCUT2D eigenvalue weighted by atomic mass is 10.1. The molecule has 2 nitrogen and oxygen atoms in total. The minimum Gasteiger partial charge on any atom is -0.492 e. The zero-order valence-corrected chi connectivity index (χ0v) is 13.4.